The van der Waals surface area contributed by atoms with Crippen LogP contribution in [0.1, 0.15) is 107 Å². The first-order valence-corrected chi connectivity index (χ1v) is 25.1. The molecule has 2 aromatic heterocycles. The Kier molecular flexibility index (Phi) is 15.8. The highest BCUT2D eigenvalue weighted by atomic mass is 19.1. The van der Waals surface area contributed by atoms with Gasteiger partial charge in [-0.25, -0.2) is 14.2 Å². The van der Waals surface area contributed by atoms with Crippen LogP contribution >= 0.6 is 0 Å². The number of halogens is 1. The molecule has 0 saturated carbocycles. The second-order valence-corrected chi connectivity index (χ2v) is 19.2. The number of imide groups is 1. The van der Waals surface area contributed by atoms with Crippen molar-refractivity contribution in [3.63, 3.8) is 0 Å². The fourth-order valence-corrected chi connectivity index (χ4v) is 10.1. The van der Waals surface area contributed by atoms with Crippen LogP contribution in [0.4, 0.5) is 4.39 Å². The summed E-state index contributed by atoms with van der Waals surface area (Å²) in [4.78, 5) is 135. The molecular formula is C53H60FN9O13. The van der Waals surface area contributed by atoms with Gasteiger partial charge in [0.05, 0.1) is 57.4 Å². The van der Waals surface area contributed by atoms with Crippen molar-refractivity contribution in [2.45, 2.75) is 109 Å². The number of likely N-dealkylation sites (tertiary alicyclic amines) is 1. The highest BCUT2D eigenvalue weighted by molar-refractivity contribution is 6.03. The van der Waals surface area contributed by atoms with Gasteiger partial charge in [0.15, 0.2) is 5.60 Å². The first kappa shape index (κ1) is 51.6. The summed E-state index contributed by atoms with van der Waals surface area (Å²) in [7, 11) is 0. The van der Waals surface area contributed by atoms with Crippen LogP contribution in [0.25, 0.3) is 22.3 Å². The fraction of sp³-hybridized carbons (Fsp3) is 0.453. The number of fused-ring (bicyclic) bond motifs is 5. The number of hydrogen-bond acceptors (Lipinski definition) is 14. The van der Waals surface area contributed by atoms with Gasteiger partial charge in [-0.05, 0) is 67.3 Å². The minimum absolute atomic E-state index is 0.0165. The van der Waals surface area contributed by atoms with Gasteiger partial charge in [-0.15, -0.1) is 0 Å². The van der Waals surface area contributed by atoms with Gasteiger partial charge in [-0.1, -0.05) is 50.6 Å². The molecule has 5 heterocycles. The number of unbranched alkanes of at least 4 members (excludes halogenated alkanes) is 2. The minimum atomic E-state index is -3.05. The Hall–Kier alpha value is -7.92. The Morgan fingerprint density at radius 2 is 1.64 bits per heavy atom. The van der Waals surface area contributed by atoms with Gasteiger partial charge in [0.2, 0.25) is 47.3 Å². The third kappa shape index (κ3) is 11.6. The lowest BCUT2D eigenvalue weighted by Gasteiger charge is -2.31. The molecule has 4 aromatic rings. The summed E-state index contributed by atoms with van der Waals surface area (Å²) in [5.41, 5.74) is 0.826. The van der Waals surface area contributed by atoms with Crippen molar-refractivity contribution in [1.29, 1.82) is 0 Å². The molecule has 76 heavy (non-hydrogen) atoms. The van der Waals surface area contributed by atoms with E-state index in [0.717, 1.165) is 0 Å². The standard InChI is InChI=1S/C53H60FN9O13/c1-4-53(74)34-19-39-48-32(24-63(39)51(72)33(34)25-76-52(53)73)47-36(15-14-31-29(3)35(54)20-37(61-48)46(31)47)59-44(68)26-75-27-58-42(66)22-57-49(70)38(18-30-11-7-5-8-12-30)60-43(67)23-56-41(65)21-55-40(64)13-9-6-10-16-62-45(69)17-28(2)50(62)71/h5,7-8,11-12,19-20,28,36,38,74H,4,6,9-10,13-18,21-27H2,1-3H3,(H,55,64)(H,56,65)(H,57,70)(H,58,66)(H,59,68)(H,60,67)/t28?,36-,38-,53-/m0/s1/i26D2. The van der Waals surface area contributed by atoms with E-state index < -0.39 is 103 Å². The van der Waals surface area contributed by atoms with Gasteiger partial charge in [0.1, 0.15) is 31.8 Å². The Bertz CT molecular complexity index is 3190. The molecule has 4 atom stereocenters. The zero-order chi connectivity index (χ0) is 56.2. The summed E-state index contributed by atoms with van der Waals surface area (Å²) in [5, 5.41) is 26.7. The number of nitrogens with one attached hydrogen (secondary N) is 6. The molecule has 1 unspecified atom stereocenters. The summed E-state index contributed by atoms with van der Waals surface area (Å²) < 4.78 is 44.3. The van der Waals surface area contributed by atoms with Gasteiger partial charge >= 0.3 is 5.97 Å². The van der Waals surface area contributed by atoms with Crippen molar-refractivity contribution in [2.24, 2.45) is 5.92 Å². The van der Waals surface area contributed by atoms with Crippen LogP contribution in [-0.2, 0) is 84.2 Å². The van der Waals surface area contributed by atoms with Crippen LogP contribution in [0.5, 0.6) is 0 Å². The molecule has 1 fully saturated rings. The fourth-order valence-electron chi connectivity index (χ4n) is 10.1. The maximum atomic E-state index is 15.4. The number of aliphatic hydroxyl groups is 1. The molecule has 402 valence electrons. The molecule has 2 aromatic carbocycles. The van der Waals surface area contributed by atoms with Crippen molar-refractivity contribution in [2.75, 3.05) is 39.5 Å². The second kappa shape index (κ2) is 23.3. The Balaban J connectivity index is 0.827. The van der Waals surface area contributed by atoms with Crippen LogP contribution in [0.3, 0.4) is 0 Å². The predicted molar refractivity (Wildman–Crippen MR) is 267 cm³/mol. The van der Waals surface area contributed by atoms with E-state index in [-0.39, 0.29) is 104 Å². The lowest BCUT2D eigenvalue weighted by Crippen LogP contribution is -2.52. The lowest BCUT2D eigenvalue weighted by molar-refractivity contribution is -0.172. The van der Waals surface area contributed by atoms with E-state index in [9.17, 15) is 53.1 Å². The number of pyridine rings is 2. The number of benzene rings is 2. The van der Waals surface area contributed by atoms with E-state index in [2.05, 4.69) is 31.9 Å². The number of rotatable bonds is 22. The van der Waals surface area contributed by atoms with Crippen LogP contribution in [0, 0.1) is 18.7 Å². The summed E-state index contributed by atoms with van der Waals surface area (Å²) in [6.45, 7) is -0.763. The minimum Gasteiger partial charge on any atom is -0.458 e. The van der Waals surface area contributed by atoms with Crippen molar-refractivity contribution in [3.05, 3.63) is 97.6 Å². The third-order valence-corrected chi connectivity index (χ3v) is 14.2. The summed E-state index contributed by atoms with van der Waals surface area (Å²) in [6, 6.07) is 9.22. The van der Waals surface area contributed by atoms with E-state index in [4.69, 9.17) is 17.2 Å². The summed E-state index contributed by atoms with van der Waals surface area (Å²) in [6.07, 6.45) is 2.21. The summed E-state index contributed by atoms with van der Waals surface area (Å²) in [5.74, 6) is -6.87. The lowest BCUT2D eigenvalue weighted by atomic mass is 9.81. The number of aromatic nitrogens is 2. The Morgan fingerprint density at radius 3 is 2.38 bits per heavy atom. The van der Waals surface area contributed by atoms with Gasteiger partial charge in [0.25, 0.3) is 5.56 Å². The molecule has 1 aliphatic carbocycles. The van der Waals surface area contributed by atoms with Crippen molar-refractivity contribution in [1.82, 2.24) is 46.4 Å². The normalized spacial score (nSPS) is 19.1. The van der Waals surface area contributed by atoms with Gasteiger partial charge in [-0.2, -0.15) is 0 Å². The first-order chi connectivity index (χ1) is 37.1. The number of amides is 8. The number of nitrogens with zero attached hydrogens (tertiary/aromatic N) is 3. The van der Waals surface area contributed by atoms with E-state index in [1.165, 1.54) is 21.6 Å². The number of cyclic esters (lactones) is 1. The molecular weight excluding hydrogens is 990 g/mol. The van der Waals surface area contributed by atoms with Crippen LogP contribution in [0.2, 0.25) is 0 Å². The highest BCUT2D eigenvalue weighted by Gasteiger charge is 2.46. The first-order valence-electron chi connectivity index (χ1n) is 26.1. The van der Waals surface area contributed by atoms with Crippen LogP contribution < -0.4 is 37.5 Å². The Labute approximate surface area is 438 Å². The monoisotopic (exact) mass is 1050 g/mol. The smallest absolute Gasteiger partial charge is 0.343 e. The van der Waals surface area contributed by atoms with E-state index in [1.807, 2.05) is 0 Å². The highest BCUT2D eigenvalue weighted by Crippen LogP contribution is 2.46. The average molecular weight is 1050 g/mol. The number of carbonyl (C=O) groups excluding carboxylic acids is 9. The molecule has 8 amide bonds. The van der Waals surface area contributed by atoms with Gasteiger partial charge in [-0.3, -0.25) is 48.1 Å². The molecule has 23 heteroatoms. The topological polar surface area (TPSA) is 303 Å². The zero-order valence-electron chi connectivity index (χ0n) is 44.2. The predicted octanol–water partition coefficient (Wildman–Crippen LogP) is 0.752. The maximum Gasteiger partial charge on any atom is 0.343 e. The summed E-state index contributed by atoms with van der Waals surface area (Å²) >= 11 is 0. The molecule has 0 spiro atoms. The molecule has 8 rings (SSSR count). The molecule has 0 radical (unpaired) electrons. The molecule has 22 nitrogen and oxygen atoms in total. The van der Waals surface area contributed by atoms with E-state index in [0.29, 0.717) is 52.5 Å². The Morgan fingerprint density at radius 1 is 0.921 bits per heavy atom. The SMILES string of the molecule is [2H]C([2H])(OCNC(=O)CNC(=O)[C@H](Cc1ccccc1)NC(=O)CNC(=O)CNC(=O)CCCCCN1C(=O)CC(C)C1=O)C(=O)N[C@H]1CCc2c(C)c(F)cc3nc4c(c1c23)Cn1c-4cc2c(c1=O)COC(=O)[C@]2(O)CC. The largest absolute Gasteiger partial charge is 0.458 e. The van der Waals surface area contributed by atoms with E-state index >= 15 is 4.39 Å². The third-order valence-electron chi connectivity index (χ3n) is 14.2. The van der Waals surface area contributed by atoms with Crippen molar-refractivity contribution in [3.8, 4) is 11.4 Å². The van der Waals surface area contributed by atoms with E-state index in [1.54, 1.807) is 51.1 Å². The average Bonchev–Trinajstić information content (AvgIpc) is 3.93. The molecule has 0 bridgehead atoms. The number of carbonyl (C=O) groups is 9. The molecule has 1 saturated heterocycles. The number of hydrogen-bond donors (Lipinski definition) is 7. The van der Waals surface area contributed by atoms with Gasteiger partial charge < -0.3 is 51.0 Å². The van der Waals surface area contributed by atoms with Crippen molar-refractivity contribution < 1.29 is 64.9 Å². The molecule has 3 aliphatic heterocycles. The van der Waals surface area contributed by atoms with Crippen molar-refractivity contribution >= 4 is 64.1 Å². The number of ether oxygens (including phenoxy) is 2. The molecule has 7 N–H and O–H groups in total. The quantitative estimate of drug-likeness (QED) is 0.0218. The van der Waals surface area contributed by atoms with Crippen LogP contribution in [0.15, 0.2) is 47.3 Å². The second-order valence-electron chi connectivity index (χ2n) is 19.2. The zero-order valence-corrected chi connectivity index (χ0v) is 42.2. The number of aryl methyl sites for hydroxylation is 1. The maximum absolute atomic E-state index is 15.4. The number of esters is 1. The molecule has 4 aliphatic rings. The van der Waals surface area contributed by atoms with Gasteiger partial charge in [0, 0.05) is 54.3 Å². The van der Waals surface area contributed by atoms with Crippen LogP contribution in [-0.4, -0.2) is 118 Å².